The van der Waals surface area contributed by atoms with Gasteiger partial charge in [0, 0.05) is 12.5 Å². The van der Waals surface area contributed by atoms with Gasteiger partial charge in [0.2, 0.25) is 5.91 Å². The highest BCUT2D eigenvalue weighted by molar-refractivity contribution is 5.86. The summed E-state index contributed by atoms with van der Waals surface area (Å²) in [5, 5.41) is 10.3. The molecule has 0 aromatic carbocycles. The minimum atomic E-state index is -0.529. The minimum absolute atomic E-state index is 0.00242. The van der Waals surface area contributed by atoms with E-state index in [0.717, 1.165) is 12.8 Å². The van der Waals surface area contributed by atoms with Gasteiger partial charge < -0.3 is 10.1 Å². The van der Waals surface area contributed by atoms with Crippen LogP contribution in [0, 0.1) is 0 Å². The first-order valence-electron chi connectivity index (χ1n) is 5.47. The van der Waals surface area contributed by atoms with Crippen LogP contribution in [0.15, 0.2) is 6.20 Å². The van der Waals surface area contributed by atoms with Crippen molar-refractivity contribution < 1.29 is 14.3 Å². The number of aromatic nitrogens is 3. The van der Waals surface area contributed by atoms with Crippen molar-refractivity contribution in [2.75, 3.05) is 7.11 Å². The van der Waals surface area contributed by atoms with Gasteiger partial charge in [0.25, 0.3) is 0 Å². The lowest BCUT2D eigenvalue weighted by molar-refractivity contribution is -0.121. The number of amides is 1. The standard InChI is InChI=1S/C10H14N4O3/c1-17-10(16)8-6-14(13-12-8)5-4-9(15)11-7-2-3-7/h6-7H,2-5H2,1H3,(H,11,15). The van der Waals surface area contributed by atoms with Crippen LogP contribution in [0.3, 0.4) is 0 Å². The predicted octanol–water partition coefficient (Wildman–Crippen LogP) is -0.267. The fraction of sp³-hybridized carbons (Fsp3) is 0.600. The van der Waals surface area contributed by atoms with Crippen LogP contribution in [-0.4, -0.2) is 40.0 Å². The van der Waals surface area contributed by atoms with Gasteiger partial charge >= 0.3 is 5.97 Å². The van der Waals surface area contributed by atoms with E-state index in [2.05, 4.69) is 20.4 Å². The van der Waals surface area contributed by atoms with Gasteiger partial charge in [0.05, 0.1) is 19.9 Å². The summed E-state index contributed by atoms with van der Waals surface area (Å²) >= 11 is 0. The molecule has 0 aliphatic heterocycles. The molecular formula is C10H14N4O3. The number of aryl methyl sites for hydroxylation is 1. The Kier molecular flexibility index (Phi) is 3.36. The van der Waals surface area contributed by atoms with Crippen molar-refractivity contribution in [3.05, 3.63) is 11.9 Å². The summed E-state index contributed by atoms with van der Waals surface area (Å²) in [6.45, 7) is 0.405. The molecule has 0 atom stereocenters. The Morgan fingerprint density at radius 2 is 2.35 bits per heavy atom. The molecule has 0 spiro atoms. The number of nitrogens with one attached hydrogen (secondary N) is 1. The SMILES string of the molecule is COC(=O)c1cn(CCC(=O)NC2CC2)nn1. The summed E-state index contributed by atoms with van der Waals surface area (Å²) in [5.41, 5.74) is 0.148. The molecule has 0 unspecified atom stereocenters. The molecule has 1 fully saturated rings. The molecular weight excluding hydrogens is 224 g/mol. The summed E-state index contributed by atoms with van der Waals surface area (Å²) in [4.78, 5) is 22.5. The largest absolute Gasteiger partial charge is 0.464 e. The van der Waals surface area contributed by atoms with E-state index in [-0.39, 0.29) is 11.6 Å². The highest BCUT2D eigenvalue weighted by atomic mass is 16.5. The van der Waals surface area contributed by atoms with E-state index >= 15 is 0 Å². The Labute approximate surface area is 98.1 Å². The average Bonchev–Trinajstić information content (AvgIpc) is 3.00. The van der Waals surface area contributed by atoms with Gasteiger partial charge in [-0.1, -0.05) is 5.21 Å². The van der Waals surface area contributed by atoms with E-state index in [9.17, 15) is 9.59 Å². The van der Waals surface area contributed by atoms with Crippen LogP contribution >= 0.6 is 0 Å². The van der Waals surface area contributed by atoms with Gasteiger partial charge in [-0.3, -0.25) is 9.48 Å². The van der Waals surface area contributed by atoms with Gasteiger partial charge in [-0.15, -0.1) is 5.10 Å². The van der Waals surface area contributed by atoms with Crippen molar-refractivity contribution >= 4 is 11.9 Å². The Morgan fingerprint density at radius 3 is 3.00 bits per heavy atom. The van der Waals surface area contributed by atoms with E-state index in [1.54, 1.807) is 0 Å². The highest BCUT2D eigenvalue weighted by Crippen LogP contribution is 2.18. The zero-order valence-corrected chi connectivity index (χ0v) is 9.55. The van der Waals surface area contributed by atoms with Crippen LogP contribution < -0.4 is 5.32 Å². The second-order valence-electron chi connectivity index (χ2n) is 3.95. The maximum Gasteiger partial charge on any atom is 0.360 e. The molecule has 17 heavy (non-hydrogen) atoms. The number of methoxy groups -OCH3 is 1. The monoisotopic (exact) mass is 238 g/mol. The number of esters is 1. The molecule has 1 aliphatic rings. The summed E-state index contributed by atoms with van der Waals surface area (Å²) in [7, 11) is 1.28. The van der Waals surface area contributed by atoms with E-state index in [1.807, 2.05) is 0 Å². The fourth-order valence-electron chi connectivity index (χ4n) is 1.35. The summed E-state index contributed by atoms with van der Waals surface area (Å²) in [6.07, 6.45) is 3.94. The normalized spacial score (nSPS) is 14.4. The molecule has 2 rings (SSSR count). The number of ether oxygens (including phenoxy) is 1. The highest BCUT2D eigenvalue weighted by Gasteiger charge is 2.22. The predicted molar refractivity (Wildman–Crippen MR) is 57.1 cm³/mol. The first-order valence-corrected chi connectivity index (χ1v) is 5.47. The van der Waals surface area contributed by atoms with Crippen molar-refractivity contribution in [1.82, 2.24) is 20.3 Å². The molecule has 1 N–H and O–H groups in total. The molecule has 92 valence electrons. The molecule has 1 amide bonds. The van der Waals surface area contributed by atoms with E-state index in [1.165, 1.54) is 18.0 Å². The van der Waals surface area contributed by atoms with E-state index in [0.29, 0.717) is 19.0 Å². The van der Waals surface area contributed by atoms with Crippen LogP contribution in [0.1, 0.15) is 29.8 Å². The van der Waals surface area contributed by atoms with Gasteiger partial charge in [-0.2, -0.15) is 0 Å². The van der Waals surface area contributed by atoms with Crippen molar-refractivity contribution in [3.63, 3.8) is 0 Å². The quantitative estimate of drug-likeness (QED) is 0.714. The van der Waals surface area contributed by atoms with Gasteiger partial charge in [0.1, 0.15) is 0 Å². The van der Waals surface area contributed by atoms with Gasteiger partial charge in [-0.05, 0) is 12.8 Å². The average molecular weight is 238 g/mol. The van der Waals surface area contributed by atoms with Crippen LogP contribution in [0.5, 0.6) is 0 Å². The lowest BCUT2D eigenvalue weighted by atomic mass is 10.4. The fourth-order valence-corrected chi connectivity index (χ4v) is 1.35. The Hall–Kier alpha value is -1.92. The summed E-state index contributed by atoms with van der Waals surface area (Å²) in [5.74, 6) is -0.527. The van der Waals surface area contributed by atoms with Gasteiger partial charge in [0.15, 0.2) is 5.69 Å². The molecule has 0 saturated heterocycles. The molecule has 1 aromatic heterocycles. The molecule has 1 heterocycles. The first kappa shape index (κ1) is 11.6. The molecule has 1 saturated carbocycles. The first-order chi connectivity index (χ1) is 8.19. The molecule has 0 bridgehead atoms. The third-order valence-corrected chi connectivity index (χ3v) is 2.44. The Balaban J connectivity index is 1.79. The third-order valence-electron chi connectivity index (χ3n) is 2.44. The van der Waals surface area contributed by atoms with Gasteiger partial charge in [-0.25, -0.2) is 4.79 Å². The number of carbonyl (C=O) groups is 2. The summed E-state index contributed by atoms with van der Waals surface area (Å²) in [6, 6.07) is 0.365. The molecule has 1 aromatic rings. The Morgan fingerprint density at radius 1 is 1.59 bits per heavy atom. The van der Waals surface area contributed by atoms with E-state index < -0.39 is 5.97 Å². The number of nitrogens with zero attached hydrogens (tertiary/aromatic N) is 3. The maximum atomic E-state index is 11.4. The van der Waals surface area contributed by atoms with Crippen molar-refractivity contribution in [2.24, 2.45) is 0 Å². The second kappa shape index (κ2) is 4.94. The smallest absolute Gasteiger partial charge is 0.360 e. The zero-order valence-electron chi connectivity index (χ0n) is 9.55. The minimum Gasteiger partial charge on any atom is -0.464 e. The summed E-state index contributed by atoms with van der Waals surface area (Å²) < 4.78 is 5.96. The number of hydrogen-bond acceptors (Lipinski definition) is 5. The third kappa shape index (κ3) is 3.27. The molecule has 7 nitrogen and oxygen atoms in total. The lowest BCUT2D eigenvalue weighted by Crippen LogP contribution is -2.26. The number of carbonyl (C=O) groups excluding carboxylic acids is 2. The molecule has 0 radical (unpaired) electrons. The Bertz CT molecular complexity index is 425. The van der Waals surface area contributed by atoms with E-state index in [4.69, 9.17) is 0 Å². The van der Waals surface area contributed by atoms with Crippen LogP contribution in [-0.2, 0) is 16.1 Å². The zero-order chi connectivity index (χ0) is 12.3. The van der Waals surface area contributed by atoms with Crippen molar-refractivity contribution in [3.8, 4) is 0 Å². The topological polar surface area (TPSA) is 86.1 Å². The number of hydrogen-bond donors (Lipinski definition) is 1. The van der Waals surface area contributed by atoms with Crippen molar-refractivity contribution in [2.45, 2.75) is 31.8 Å². The van der Waals surface area contributed by atoms with Crippen LogP contribution in [0.2, 0.25) is 0 Å². The second-order valence-corrected chi connectivity index (χ2v) is 3.95. The lowest BCUT2D eigenvalue weighted by Gasteiger charge is -2.02. The van der Waals surface area contributed by atoms with Crippen LogP contribution in [0.25, 0.3) is 0 Å². The number of rotatable bonds is 5. The molecule has 7 heteroatoms. The van der Waals surface area contributed by atoms with Crippen LogP contribution in [0.4, 0.5) is 0 Å². The van der Waals surface area contributed by atoms with Crippen molar-refractivity contribution in [1.29, 1.82) is 0 Å². The molecule has 1 aliphatic carbocycles. The maximum absolute atomic E-state index is 11.4.